The standard InChI is InChI=1S/C13H12F5NO/c1-6(2)3-4-8(20)19-5-7-9(14)11(16)13(18)12(17)10(7)15/h3H,4-5H2,1-2H3,(H,19,20). The Bertz CT molecular complexity index is 535. The van der Waals surface area contributed by atoms with E-state index in [1.54, 1.807) is 19.9 Å². The first-order valence-corrected chi connectivity index (χ1v) is 5.66. The Labute approximate surface area is 112 Å². The van der Waals surface area contributed by atoms with Gasteiger partial charge < -0.3 is 5.32 Å². The maximum Gasteiger partial charge on any atom is 0.224 e. The molecule has 0 aliphatic rings. The zero-order valence-corrected chi connectivity index (χ0v) is 10.8. The van der Waals surface area contributed by atoms with Gasteiger partial charge in [-0.05, 0) is 13.8 Å². The summed E-state index contributed by atoms with van der Waals surface area (Å²) in [7, 11) is 0. The molecule has 7 heteroatoms. The van der Waals surface area contributed by atoms with Crippen molar-refractivity contribution < 1.29 is 26.7 Å². The third-order valence-electron chi connectivity index (χ3n) is 2.46. The zero-order valence-electron chi connectivity index (χ0n) is 10.8. The first kappa shape index (κ1) is 16.1. The summed E-state index contributed by atoms with van der Waals surface area (Å²) >= 11 is 0. The van der Waals surface area contributed by atoms with Crippen LogP contribution in [0.4, 0.5) is 22.0 Å². The van der Waals surface area contributed by atoms with Crippen LogP contribution in [0.3, 0.4) is 0 Å². The van der Waals surface area contributed by atoms with E-state index in [2.05, 4.69) is 5.32 Å². The number of carbonyl (C=O) groups excluding carboxylic acids is 1. The van der Waals surface area contributed by atoms with Crippen molar-refractivity contribution in [2.75, 3.05) is 0 Å². The summed E-state index contributed by atoms with van der Waals surface area (Å²) in [6.07, 6.45) is 1.52. The minimum Gasteiger partial charge on any atom is -0.352 e. The van der Waals surface area contributed by atoms with Gasteiger partial charge in [-0.25, -0.2) is 22.0 Å². The molecule has 20 heavy (non-hydrogen) atoms. The molecule has 1 rings (SSSR count). The van der Waals surface area contributed by atoms with E-state index in [0.29, 0.717) is 0 Å². The van der Waals surface area contributed by atoms with Gasteiger partial charge >= 0.3 is 0 Å². The molecule has 0 saturated heterocycles. The summed E-state index contributed by atoms with van der Waals surface area (Å²) < 4.78 is 65.1. The van der Waals surface area contributed by atoms with Crippen LogP contribution in [-0.4, -0.2) is 5.91 Å². The second-order valence-corrected chi connectivity index (χ2v) is 4.31. The molecule has 0 atom stereocenters. The molecular weight excluding hydrogens is 281 g/mol. The number of hydrogen-bond acceptors (Lipinski definition) is 1. The first-order valence-electron chi connectivity index (χ1n) is 5.66. The van der Waals surface area contributed by atoms with Crippen molar-refractivity contribution in [2.24, 2.45) is 0 Å². The molecular formula is C13H12F5NO. The van der Waals surface area contributed by atoms with E-state index >= 15 is 0 Å². The van der Waals surface area contributed by atoms with Crippen molar-refractivity contribution >= 4 is 5.91 Å². The van der Waals surface area contributed by atoms with E-state index in [1.807, 2.05) is 0 Å². The topological polar surface area (TPSA) is 29.1 Å². The summed E-state index contributed by atoms with van der Waals surface area (Å²) in [4.78, 5) is 11.3. The zero-order chi connectivity index (χ0) is 15.4. The average molecular weight is 293 g/mol. The number of hydrogen-bond donors (Lipinski definition) is 1. The number of allylic oxidation sites excluding steroid dienone is 1. The van der Waals surface area contributed by atoms with Crippen LogP contribution in [0, 0.1) is 29.1 Å². The van der Waals surface area contributed by atoms with E-state index in [9.17, 15) is 26.7 Å². The van der Waals surface area contributed by atoms with Crippen molar-refractivity contribution in [2.45, 2.75) is 26.8 Å². The Balaban J connectivity index is 2.89. The van der Waals surface area contributed by atoms with Crippen LogP contribution in [-0.2, 0) is 11.3 Å². The Kier molecular flexibility index (Phi) is 5.24. The van der Waals surface area contributed by atoms with Crippen molar-refractivity contribution in [3.8, 4) is 0 Å². The molecule has 0 heterocycles. The van der Waals surface area contributed by atoms with Crippen LogP contribution in [0.2, 0.25) is 0 Å². The highest BCUT2D eigenvalue weighted by molar-refractivity contribution is 5.77. The molecule has 0 spiro atoms. The predicted octanol–water partition coefficient (Wildman–Crippen LogP) is 3.35. The van der Waals surface area contributed by atoms with Gasteiger partial charge in [0.2, 0.25) is 11.7 Å². The van der Waals surface area contributed by atoms with Crippen LogP contribution in [0.25, 0.3) is 0 Å². The number of nitrogens with one attached hydrogen (secondary N) is 1. The lowest BCUT2D eigenvalue weighted by atomic mass is 10.1. The molecule has 0 aromatic heterocycles. The first-order chi connectivity index (χ1) is 9.25. The van der Waals surface area contributed by atoms with Crippen molar-refractivity contribution in [3.63, 3.8) is 0 Å². The highest BCUT2D eigenvalue weighted by Crippen LogP contribution is 2.22. The van der Waals surface area contributed by atoms with Crippen LogP contribution < -0.4 is 5.32 Å². The second kappa shape index (κ2) is 6.49. The predicted molar refractivity (Wildman–Crippen MR) is 62.1 cm³/mol. The fourth-order valence-electron chi connectivity index (χ4n) is 1.36. The fourth-order valence-corrected chi connectivity index (χ4v) is 1.36. The molecule has 0 unspecified atom stereocenters. The third-order valence-corrected chi connectivity index (χ3v) is 2.46. The monoisotopic (exact) mass is 293 g/mol. The Hall–Kier alpha value is -1.92. The number of halogens is 5. The normalized spacial score (nSPS) is 10.3. The van der Waals surface area contributed by atoms with Crippen LogP contribution in [0.5, 0.6) is 0 Å². The van der Waals surface area contributed by atoms with Crippen LogP contribution >= 0.6 is 0 Å². The van der Waals surface area contributed by atoms with Crippen molar-refractivity contribution in [1.29, 1.82) is 0 Å². The maximum absolute atomic E-state index is 13.3. The molecule has 0 aliphatic carbocycles. The van der Waals surface area contributed by atoms with Crippen LogP contribution in [0.1, 0.15) is 25.8 Å². The summed E-state index contributed by atoms with van der Waals surface area (Å²) in [5.74, 6) is -10.8. The van der Waals surface area contributed by atoms with Gasteiger partial charge in [-0.2, -0.15) is 0 Å². The van der Waals surface area contributed by atoms with Gasteiger partial charge in [-0.3, -0.25) is 4.79 Å². The number of amides is 1. The Morgan fingerprint density at radius 3 is 1.85 bits per heavy atom. The Morgan fingerprint density at radius 2 is 1.40 bits per heavy atom. The average Bonchev–Trinajstić information content (AvgIpc) is 2.40. The van der Waals surface area contributed by atoms with E-state index < -0.39 is 47.1 Å². The van der Waals surface area contributed by atoms with Gasteiger partial charge in [0.15, 0.2) is 23.3 Å². The molecule has 110 valence electrons. The van der Waals surface area contributed by atoms with E-state index in [4.69, 9.17) is 0 Å². The number of rotatable bonds is 4. The van der Waals surface area contributed by atoms with Crippen LogP contribution in [0.15, 0.2) is 11.6 Å². The largest absolute Gasteiger partial charge is 0.352 e. The highest BCUT2D eigenvalue weighted by Gasteiger charge is 2.25. The second-order valence-electron chi connectivity index (χ2n) is 4.31. The lowest BCUT2D eigenvalue weighted by molar-refractivity contribution is -0.120. The van der Waals surface area contributed by atoms with Gasteiger partial charge in [-0.1, -0.05) is 11.6 Å². The molecule has 0 radical (unpaired) electrons. The third kappa shape index (κ3) is 3.55. The van der Waals surface area contributed by atoms with Gasteiger partial charge in [0.1, 0.15) is 0 Å². The van der Waals surface area contributed by atoms with Gasteiger partial charge in [-0.15, -0.1) is 0 Å². The molecule has 0 aliphatic heterocycles. The minimum atomic E-state index is -2.22. The lowest BCUT2D eigenvalue weighted by Crippen LogP contribution is -2.24. The van der Waals surface area contributed by atoms with Crippen molar-refractivity contribution in [3.05, 3.63) is 46.3 Å². The molecule has 0 bridgehead atoms. The number of benzene rings is 1. The van der Waals surface area contributed by atoms with E-state index in [-0.39, 0.29) is 6.42 Å². The quantitative estimate of drug-likeness (QED) is 0.392. The molecule has 0 fully saturated rings. The molecule has 1 aromatic carbocycles. The Morgan fingerprint density at radius 1 is 0.950 bits per heavy atom. The molecule has 2 nitrogen and oxygen atoms in total. The molecule has 1 N–H and O–H groups in total. The molecule has 1 amide bonds. The summed E-state index contributed by atoms with van der Waals surface area (Å²) in [6.45, 7) is 2.72. The van der Waals surface area contributed by atoms with Gasteiger partial charge in [0.25, 0.3) is 0 Å². The minimum absolute atomic E-state index is 0.0439. The SMILES string of the molecule is CC(C)=CCC(=O)NCc1c(F)c(F)c(F)c(F)c1F. The van der Waals surface area contributed by atoms with Gasteiger partial charge in [0, 0.05) is 18.5 Å². The maximum atomic E-state index is 13.3. The smallest absolute Gasteiger partial charge is 0.224 e. The summed E-state index contributed by atoms with van der Waals surface area (Å²) in [5.41, 5.74) is -0.205. The summed E-state index contributed by atoms with van der Waals surface area (Å²) in [6, 6.07) is 0. The number of carbonyl (C=O) groups is 1. The highest BCUT2D eigenvalue weighted by atomic mass is 19.2. The molecule has 0 saturated carbocycles. The van der Waals surface area contributed by atoms with Crippen molar-refractivity contribution in [1.82, 2.24) is 5.32 Å². The van der Waals surface area contributed by atoms with Gasteiger partial charge in [0.05, 0.1) is 0 Å². The van der Waals surface area contributed by atoms with E-state index in [1.165, 1.54) is 0 Å². The summed E-state index contributed by atoms with van der Waals surface area (Å²) in [5, 5.41) is 2.09. The molecule has 1 aromatic rings. The fraction of sp³-hybridized carbons (Fsp3) is 0.308. The van der Waals surface area contributed by atoms with E-state index in [0.717, 1.165) is 5.57 Å². The lowest BCUT2D eigenvalue weighted by Gasteiger charge is -2.09.